The van der Waals surface area contributed by atoms with Crippen molar-refractivity contribution in [2.45, 2.75) is 37.4 Å². The highest BCUT2D eigenvalue weighted by Gasteiger charge is 2.41. The maximum Gasteiger partial charge on any atom is 0.243 e. The smallest absolute Gasteiger partial charge is 0.243 e. The fraction of sp³-hybridized carbons (Fsp3) is 0.296. The van der Waals surface area contributed by atoms with Crippen LogP contribution in [-0.4, -0.2) is 55.9 Å². The summed E-state index contributed by atoms with van der Waals surface area (Å²) >= 11 is 1.39. The highest BCUT2D eigenvalue weighted by molar-refractivity contribution is 7.88. The molecule has 2 atom stereocenters. The van der Waals surface area contributed by atoms with Crippen molar-refractivity contribution < 1.29 is 18.0 Å². The predicted molar refractivity (Wildman–Crippen MR) is 148 cm³/mol. The molecule has 1 saturated heterocycles. The van der Waals surface area contributed by atoms with Crippen LogP contribution in [-0.2, 0) is 26.2 Å². The molecule has 2 amide bonds. The standard InChI is InChI=1S/C27H31N5O4S2/c1-38(35,36)31-24(23(18-9-4-2-5-10-18)19-11-6-3-7-12-19)27(34)32-14-8-13-22(32)26(33)30-16-21-15-20(17-37-21)25(28)29/h2-7,9-12,15,17,22-24,31H,8,13-14,16H2,1H3,(H3,28,29)(H,30,33)/t22-,24+/m0/s1. The number of benzene rings is 2. The number of sulfonamides is 1. The summed E-state index contributed by atoms with van der Waals surface area (Å²) in [6.45, 7) is 0.597. The number of carbonyl (C=O) groups excluding carboxylic acids is 2. The fourth-order valence-corrected chi connectivity index (χ4v) is 6.30. The Labute approximate surface area is 226 Å². The van der Waals surface area contributed by atoms with E-state index in [1.54, 1.807) is 11.4 Å². The number of nitrogen functional groups attached to an aromatic ring is 1. The van der Waals surface area contributed by atoms with E-state index in [9.17, 15) is 18.0 Å². The quantitative estimate of drug-likeness (QED) is 0.225. The van der Waals surface area contributed by atoms with Crippen LogP contribution in [0.25, 0.3) is 0 Å². The number of likely N-dealkylation sites (tertiary alicyclic amines) is 1. The average Bonchev–Trinajstić information content (AvgIpc) is 3.57. The van der Waals surface area contributed by atoms with E-state index in [0.29, 0.717) is 24.9 Å². The molecule has 4 rings (SSSR count). The summed E-state index contributed by atoms with van der Waals surface area (Å²) in [5.41, 5.74) is 7.69. The molecular weight excluding hydrogens is 522 g/mol. The summed E-state index contributed by atoms with van der Waals surface area (Å²) in [5, 5.41) is 12.2. The molecule has 3 aromatic rings. The van der Waals surface area contributed by atoms with Crippen LogP contribution in [0.3, 0.4) is 0 Å². The minimum Gasteiger partial charge on any atom is -0.384 e. The minimum atomic E-state index is -3.77. The first kappa shape index (κ1) is 27.5. The topological polar surface area (TPSA) is 145 Å². The molecule has 0 bridgehead atoms. The molecule has 2 heterocycles. The summed E-state index contributed by atoms with van der Waals surface area (Å²) in [6, 6.07) is 18.5. The number of hydrogen-bond acceptors (Lipinski definition) is 6. The number of rotatable bonds is 10. The fourth-order valence-electron chi connectivity index (χ4n) is 4.78. The summed E-state index contributed by atoms with van der Waals surface area (Å²) in [6.07, 6.45) is 2.14. The van der Waals surface area contributed by atoms with E-state index in [-0.39, 0.29) is 18.3 Å². The van der Waals surface area contributed by atoms with Gasteiger partial charge in [0.15, 0.2) is 0 Å². The molecule has 1 aliphatic heterocycles. The maximum atomic E-state index is 14.1. The van der Waals surface area contributed by atoms with Gasteiger partial charge in [0, 0.05) is 28.3 Å². The van der Waals surface area contributed by atoms with Gasteiger partial charge in [-0.3, -0.25) is 15.0 Å². The van der Waals surface area contributed by atoms with Gasteiger partial charge < -0.3 is 16.0 Å². The molecule has 0 spiro atoms. The molecular formula is C27H31N5O4S2. The van der Waals surface area contributed by atoms with Gasteiger partial charge in [-0.2, -0.15) is 0 Å². The van der Waals surface area contributed by atoms with Crippen molar-refractivity contribution in [1.29, 1.82) is 5.41 Å². The number of amides is 2. The number of nitrogens with zero attached hydrogens (tertiary/aromatic N) is 1. The Morgan fingerprint density at radius 3 is 2.24 bits per heavy atom. The van der Waals surface area contributed by atoms with E-state index in [1.807, 2.05) is 60.7 Å². The molecule has 11 heteroatoms. The number of nitrogens with one attached hydrogen (secondary N) is 3. The van der Waals surface area contributed by atoms with Crippen molar-refractivity contribution in [3.63, 3.8) is 0 Å². The summed E-state index contributed by atoms with van der Waals surface area (Å²) < 4.78 is 27.5. The highest BCUT2D eigenvalue weighted by atomic mass is 32.2. The van der Waals surface area contributed by atoms with Crippen molar-refractivity contribution in [2.75, 3.05) is 12.8 Å². The van der Waals surface area contributed by atoms with Crippen LogP contribution in [0.15, 0.2) is 72.1 Å². The van der Waals surface area contributed by atoms with Crippen LogP contribution < -0.4 is 15.8 Å². The van der Waals surface area contributed by atoms with E-state index in [1.165, 1.54) is 16.2 Å². The summed E-state index contributed by atoms with van der Waals surface area (Å²) in [4.78, 5) is 29.6. The second-order valence-corrected chi connectivity index (χ2v) is 12.1. The second kappa shape index (κ2) is 11.9. The van der Waals surface area contributed by atoms with E-state index in [2.05, 4.69) is 10.0 Å². The Morgan fingerprint density at radius 1 is 1.11 bits per heavy atom. The van der Waals surface area contributed by atoms with Crippen molar-refractivity contribution >= 4 is 39.0 Å². The predicted octanol–water partition coefficient (Wildman–Crippen LogP) is 2.39. The molecule has 0 unspecified atom stereocenters. The lowest BCUT2D eigenvalue weighted by molar-refractivity contribution is -0.140. The third-order valence-electron chi connectivity index (χ3n) is 6.50. The third kappa shape index (κ3) is 6.66. The molecule has 38 heavy (non-hydrogen) atoms. The van der Waals surface area contributed by atoms with Gasteiger partial charge in [-0.1, -0.05) is 60.7 Å². The molecule has 0 radical (unpaired) electrons. The van der Waals surface area contributed by atoms with Crippen molar-refractivity contribution in [3.8, 4) is 0 Å². The van der Waals surface area contributed by atoms with Gasteiger partial charge >= 0.3 is 0 Å². The first-order valence-electron chi connectivity index (χ1n) is 12.2. The van der Waals surface area contributed by atoms with Crippen molar-refractivity contribution in [3.05, 3.63) is 93.7 Å². The van der Waals surface area contributed by atoms with Gasteiger partial charge in [-0.05, 0) is 30.0 Å². The average molecular weight is 554 g/mol. The van der Waals surface area contributed by atoms with E-state index in [4.69, 9.17) is 11.1 Å². The SMILES string of the molecule is CS(=O)(=O)N[C@@H](C(=O)N1CCC[C@H]1C(=O)NCc1cc(C(=N)N)cs1)C(c1ccccc1)c1ccccc1. The molecule has 200 valence electrons. The van der Waals surface area contributed by atoms with Crippen LogP contribution in [0, 0.1) is 5.41 Å². The Balaban J connectivity index is 1.61. The number of hydrogen-bond donors (Lipinski definition) is 4. The Hall–Kier alpha value is -3.54. The van der Waals surface area contributed by atoms with Gasteiger partial charge in [-0.25, -0.2) is 13.1 Å². The maximum absolute atomic E-state index is 14.1. The van der Waals surface area contributed by atoms with Gasteiger partial charge in [-0.15, -0.1) is 11.3 Å². The van der Waals surface area contributed by atoms with Crippen LogP contribution in [0.4, 0.5) is 0 Å². The molecule has 1 fully saturated rings. The number of nitrogens with two attached hydrogens (primary N) is 1. The monoisotopic (exact) mass is 553 g/mol. The molecule has 1 aromatic heterocycles. The van der Waals surface area contributed by atoms with Crippen LogP contribution in [0.2, 0.25) is 0 Å². The van der Waals surface area contributed by atoms with Gasteiger partial charge in [0.25, 0.3) is 0 Å². The van der Waals surface area contributed by atoms with E-state index in [0.717, 1.165) is 22.3 Å². The normalized spacial score (nSPS) is 16.4. The number of amidine groups is 1. The van der Waals surface area contributed by atoms with Crippen LogP contribution >= 0.6 is 11.3 Å². The Morgan fingerprint density at radius 2 is 1.71 bits per heavy atom. The van der Waals surface area contributed by atoms with Gasteiger partial charge in [0.2, 0.25) is 21.8 Å². The molecule has 0 aliphatic carbocycles. The summed E-state index contributed by atoms with van der Waals surface area (Å²) in [7, 11) is -3.77. The lowest BCUT2D eigenvalue weighted by Crippen LogP contribution is -2.55. The molecule has 2 aromatic carbocycles. The Bertz CT molecular complexity index is 1350. The second-order valence-electron chi connectivity index (χ2n) is 9.29. The molecule has 1 aliphatic rings. The third-order valence-corrected chi connectivity index (χ3v) is 8.12. The number of carbonyl (C=O) groups is 2. The van der Waals surface area contributed by atoms with Gasteiger partial charge in [0.05, 0.1) is 12.8 Å². The number of thiophene rings is 1. The zero-order chi connectivity index (χ0) is 27.3. The van der Waals surface area contributed by atoms with Crippen LogP contribution in [0.5, 0.6) is 0 Å². The summed E-state index contributed by atoms with van der Waals surface area (Å²) in [5.74, 6) is -1.38. The first-order valence-corrected chi connectivity index (χ1v) is 15.0. The van der Waals surface area contributed by atoms with Crippen molar-refractivity contribution in [2.24, 2.45) is 5.73 Å². The van der Waals surface area contributed by atoms with Gasteiger partial charge in [0.1, 0.15) is 17.9 Å². The minimum absolute atomic E-state index is 0.0396. The van der Waals surface area contributed by atoms with E-state index >= 15 is 0 Å². The largest absolute Gasteiger partial charge is 0.384 e. The molecule has 0 saturated carbocycles. The molecule has 5 N–H and O–H groups in total. The highest BCUT2D eigenvalue weighted by Crippen LogP contribution is 2.31. The lowest BCUT2D eigenvalue weighted by atomic mass is 9.84. The van der Waals surface area contributed by atoms with E-state index < -0.39 is 33.9 Å². The lowest BCUT2D eigenvalue weighted by Gasteiger charge is -2.33. The van der Waals surface area contributed by atoms with Crippen LogP contribution in [0.1, 0.15) is 40.3 Å². The first-order chi connectivity index (χ1) is 18.1. The molecule has 9 nitrogen and oxygen atoms in total. The zero-order valence-electron chi connectivity index (χ0n) is 21.0. The van der Waals surface area contributed by atoms with Crippen molar-refractivity contribution in [1.82, 2.24) is 14.9 Å². The zero-order valence-corrected chi connectivity index (χ0v) is 22.6. The Kier molecular flexibility index (Phi) is 8.60.